The maximum absolute atomic E-state index is 13.6. The second-order valence-electron chi connectivity index (χ2n) is 11.9. The number of nitrogens with one attached hydrogen (secondary N) is 4. The van der Waals surface area contributed by atoms with Crippen molar-refractivity contribution < 1.29 is 33.8 Å². The molecule has 0 aliphatic carbocycles. The summed E-state index contributed by atoms with van der Waals surface area (Å²) >= 11 is 0. The molecule has 12 heteroatoms. The van der Waals surface area contributed by atoms with Gasteiger partial charge in [0, 0.05) is 32.6 Å². The summed E-state index contributed by atoms with van der Waals surface area (Å²) in [4.78, 5) is 56.1. The quantitative estimate of drug-likeness (QED) is 0.260. The van der Waals surface area contributed by atoms with Crippen LogP contribution >= 0.6 is 0 Å². The molecule has 4 amide bonds. The van der Waals surface area contributed by atoms with Gasteiger partial charge in [-0.15, -0.1) is 0 Å². The van der Waals surface area contributed by atoms with Gasteiger partial charge in [0.15, 0.2) is 0 Å². The number of aromatic hydroxyl groups is 1. The summed E-state index contributed by atoms with van der Waals surface area (Å²) in [5.74, 6) is -1.79. The first-order valence-electron chi connectivity index (χ1n) is 15.8. The van der Waals surface area contributed by atoms with Crippen molar-refractivity contribution in [2.75, 3.05) is 32.9 Å². The Hall–Kier alpha value is -4.94. The number of carbonyl (C=O) groups is 4. The number of rotatable bonds is 7. The molecule has 2 aliphatic rings. The van der Waals surface area contributed by atoms with Crippen LogP contribution in [0.4, 0.5) is 0 Å². The average Bonchev–Trinajstić information content (AvgIpc) is 3.07. The number of para-hydroxylation sites is 1. The molecule has 2 heterocycles. The van der Waals surface area contributed by atoms with Gasteiger partial charge in [-0.2, -0.15) is 0 Å². The number of amides is 4. The minimum Gasteiger partial charge on any atom is -0.508 e. The SMILES string of the molecule is C[C@@H]1COc2ccccc2C(=O)N[C@H](C(=O)NCc2cccc(CN3CCOCC3)c2)CC(=O)N[C@@H](Cc2ccc(O)cc2)C(=O)N1. The Morgan fingerprint density at radius 1 is 0.915 bits per heavy atom. The molecule has 47 heavy (non-hydrogen) atoms. The molecule has 0 radical (unpaired) electrons. The van der Waals surface area contributed by atoms with Gasteiger partial charge >= 0.3 is 0 Å². The van der Waals surface area contributed by atoms with Crippen LogP contribution in [-0.4, -0.2) is 84.7 Å². The minimum atomic E-state index is -1.24. The molecule has 5 N–H and O–H groups in total. The Morgan fingerprint density at radius 2 is 1.66 bits per heavy atom. The molecule has 3 aromatic carbocycles. The second-order valence-corrected chi connectivity index (χ2v) is 11.9. The van der Waals surface area contributed by atoms with Crippen LogP contribution in [0, 0.1) is 0 Å². The highest BCUT2D eigenvalue weighted by Gasteiger charge is 2.29. The largest absolute Gasteiger partial charge is 0.508 e. The summed E-state index contributed by atoms with van der Waals surface area (Å²) in [5, 5.41) is 20.9. The second kappa shape index (κ2) is 16.1. The number of phenols is 1. The van der Waals surface area contributed by atoms with Gasteiger partial charge in [-0.05, 0) is 47.9 Å². The Labute approximate surface area is 273 Å². The molecule has 0 unspecified atom stereocenters. The van der Waals surface area contributed by atoms with E-state index in [1.54, 1.807) is 43.3 Å². The highest BCUT2D eigenvalue weighted by Crippen LogP contribution is 2.19. The molecule has 3 atom stereocenters. The normalized spacial score (nSPS) is 21.2. The topological polar surface area (TPSA) is 158 Å². The van der Waals surface area contributed by atoms with Crippen LogP contribution in [0.5, 0.6) is 11.5 Å². The zero-order valence-corrected chi connectivity index (χ0v) is 26.4. The Morgan fingerprint density at radius 3 is 2.45 bits per heavy atom. The average molecular weight is 644 g/mol. The van der Waals surface area contributed by atoms with Crippen LogP contribution in [-0.2, 0) is 38.6 Å². The summed E-state index contributed by atoms with van der Waals surface area (Å²) in [5.41, 5.74) is 2.88. The lowest BCUT2D eigenvalue weighted by molar-refractivity contribution is -0.131. The fourth-order valence-corrected chi connectivity index (χ4v) is 5.51. The van der Waals surface area contributed by atoms with Gasteiger partial charge in [0.2, 0.25) is 17.7 Å². The van der Waals surface area contributed by atoms with Crippen LogP contribution in [0.25, 0.3) is 0 Å². The van der Waals surface area contributed by atoms with E-state index >= 15 is 0 Å². The highest BCUT2D eigenvalue weighted by molar-refractivity contribution is 6.01. The summed E-state index contributed by atoms with van der Waals surface area (Å²) in [7, 11) is 0. The lowest BCUT2D eigenvalue weighted by atomic mass is 10.0. The number of phenolic OH excluding ortho intramolecular Hbond substituents is 1. The van der Waals surface area contributed by atoms with Gasteiger partial charge in [-0.25, -0.2) is 0 Å². The van der Waals surface area contributed by atoms with Crippen LogP contribution in [0.1, 0.15) is 40.4 Å². The molecule has 0 aromatic heterocycles. The van der Waals surface area contributed by atoms with Crippen LogP contribution in [0.3, 0.4) is 0 Å². The third kappa shape index (κ3) is 9.77. The standard InChI is InChI=1S/C35H41N5O7/c1-23-22-47-31-8-3-2-7-28(31)33(43)39-30(19-32(42)38-29(35(45)37-23)18-24-9-11-27(41)12-10-24)34(44)36-20-25-5-4-6-26(17-25)21-40-13-15-46-16-14-40/h2-12,17,23,29-30,41H,13-16,18-22H2,1H3,(H,36,44)(H,37,45)(H,38,42)(H,39,43)/t23-,29+,30+/m1/s1. The fraction of sp³-hybridized carbons (Fsp3) is 0.371. The van der Waals surface area contributed by atoms with E-state index in [-0.39, 0.29) is 36.6 Å². The maximum atomic E-state index is 13.6. The number of benzene rings is 3. The number of nitrogens with zero attached hydrogens (tertiary/aromatic N) is 1. The van der Waals surface area contributed by atoms with E-state index in [0.717, 1.165) is 30.8 Å². The van der Waals surface area contributed by atoms with Crippen LogP contribution < -0.4 is 26.0 Å². The Bertz CT molecular complexity index is 1560. The van der Waals surface area contributed by atoms with Crippen molar-refractivity contribution in [3.05, 3.63) is 95.1 Å². The molecule has 248 valence electrons. The van der Waals surface area contributed by atoms with E-state index in [0.29, 0.717) is 18.8 Å². The van der Waals surface area contributed by atoms with Crippen LogP contribution in [0.2, 0.25) is 0 Å². The van der Waals surface area contributed by atoms with Crippen molar-refractivity contribution in [2.45, 2.75) is 51.0 Å². The number of hydrogen-bond donors (Lipinski definition) is 5. The van der Waals surface area contributed by atoms with E-state index in [4.69, 9.17) is 9.47 Å². The Balaban J connectivity index is 1.33. The van der Waals surface area contributed by atoms with E-state index in [2.05, 4.69) is 26.2 Å². The van der Waals surface area contributed by atoms with Crippen LogP contribution in [0.15, 0.2) is 72.8 Å². The fourth-order valence-electron chi connectivity index (χ4n) is 5.51. The van der Waals surface area contributed by atoms with E-state index in [9.17, 15) is 24.3 Å². The summed E-state index contributed by atoms with van der Waals surface area (Å²) in [6, 6.07) is 18.1. The molecule has 12 nitrogen and oxygen atoms in total. The molecule has 5 rings (SSSR count). The third-order valence-corrected chi connectivity index (χ3v) is 8.02. The molecular formula is C35H41N5O7. The number of fused-ring (bicyclic) bond motifs is 1. The summed E-state index contributed by atoms with van der Waals surface area (Å²) < 4.78 is 11.4. The summed E-state index contributed by atoms with van der Waals surface area (Å²) in [6.07, 6.45) is -0.273. The van der Waals surface area contributed by atoms with Gasteiger partial charge in [-0.1, -0.05) is 48.5 Å². The van der Waals surface area contributed by atoms with Gasteiger partial charge in [0.1, 0.15) is 30.2 Å². The van der Waals surface area contributed by atoms with E-state index in [1.165, 1.54) is 12.1 Å². The minimum absolute atomic E-state index is 0.0599. The number of morpholine rings is 1. The first-order valence-corrected chi connectivity index (χ1v) is 15.8. The predicted molar refractivity (Wildman–Crippen MR) is 174 cm³/mol. The van der Waals surface area contributed by atoms with Crippen molar-refractivity contribution in [1.29, 1.82) is 0 Å². The van der Waals surface area contributed by atoms with Gasteiger partial charge in [0.25, 0.3) is 5.91 Å². The predicted octanol–water partition coefficient (Wildman–Crippen LogP) is 1.65. The molecule has 0 spiro atoms. The van der Waals surface area contributed by atoms with Crippen molar-refractivity contribution in [2.24, 2.45) is 0 Å². The van der Waals surface area contributed by atoms with Crippen molar-refractivity contribution in [3.63, 3.8) is 0 Å². The molecular weight excluding hydrogens is 602 g/mol. The van der Waals surface area contributed by atoms with Crippen molar-refractivity contribution in [3.8, 4) is 11.5 Å². The van der Waals surface area contributed by atoms with Crippen molar-refractivity contribution >= 4 is 23.6 Å². The zero-order chi connectivity index (χ0) is 33.2. The molecule has 3 aromatic rings. The Kier molecular flexibility index (Phi) is 11.4. The number of hydrogen-bond acceptors (Lipinski definition) is 8. The molecule has 2 aliphatic heterocycles. The monoisotopic (exact) mass is 643 g/mol. The van der Waals surface area contributed by atoms with Gasteiger partial charge in [-0.3, -0.25) is 24.1 Å². The molecule has 1 fully saturated rings. The highest BCUT2D eigenvalue weighted by atomic mass is 16.5. The number of carbonyl (C=O) groups excluding carboxylic acids is 4. The lowest BCUT2D eigenvalue weighted by Crippen LogP contribution is -2.54. The molecule has 0 bridgehead atoms. The lowest BCUT2D eigenvalue weighted by Gasteiger charge is -2.26. The van der Waals surface area contributed by atoms with Gasteiger partial charge in [0.05, 0.1) is 31.2 Å². The van der Waals surface area contributed by atoms with E-state index < -0.39 is 48.2 Å². The summed E-state index contributed by atoms with van der Waals surface area (Å²) in [6.45, 7) is 5.89. The molecule has 0 saturated carbocycles. The molecule has 1 saturated heterocycles. The third-order valence-electron chi connectivity index (χ3n) is 8.02. The van der Waals surface area contributed by atoms with Gasteiger partial charge < -0.3 is 35.8 Å². The van der Waals surface area contributed by atoms with E-state index in [1.807, 2.05) is 24.3 Å². The first kappa shape index (κ1) is 33.4. The van der Waals surface area contributed by atoms with Crippen molar-refractivity contribution in [1.82, 2.24) is 26.2 Å². The first-order chi connectivity index (χ1) is 22.7. The maximum Gasteiger partial charge on any atom is 0.255 e. The smallest absolute Gasteiger partial charge is 0.255 e. The zero-order valence-electron chi connectivity index (χ0n) is 26.4. The number of ether oxygens (including phenoxy) is 2.